The Balaban J connectivity index is 0.000000810. The summed E-state index contributed by atoms with van der Waals surface area (Å²) in [6.07, 6.45) is 1.45. The van der Waals surface area contributed by atoms with Crippen LogP contribution in [-0.2, 0) is 17.1 Å². The van der Waals surface area contributed by atoms with Gasteiger partial charge in [0.25, 0.3) is 0 Å². The van der Waals surface area contributed by atoms with Crippen LogP contribution in [0.5, 0.6) is 0 Å². The van der Waals surface area contributed by atoms with Gasteiger partial charge in [-0.15, -0.1) is 0 Å². The van der Waals surface area contributed by atoms with E-state index in [1.807, 2.05) is 0 Å². The molecule has 1 heterocycles. The molecule has 10 heavy (non-hydrogen) atoms. The van der Waals surface area contributed by atoms with Gasteiger partial charge in [-0.05, 0) is 12.1 Å². The van der Waals surface area contributed by atoms with Crippen LogP contribution in [0.15, 0.2) is 24.4 Å². The van der Waals surface area contributed by atoms with Gasteiger partial charge >= 0.3 is 5.97 Å². The Bertz CT molecular complexity index is 212. The number of hydrogen-bond donors (Lipinski definition) is 1. The minimum Gasteiger partial charge on any atom is -0.477 e. The number of carboxylic acids is 1. The van der Waals surface area contributed by atoms with E-state index in [1.165, 1.54) is 12.3 Å². The Kier molecular flexibility index (Phi) is 3.69. The Morgan fingerprint density at radius 2 is 2.20 bits per heavy atom. The van der Waals surface area contributed by atoms with Crippen LogP contribution in [0.25, 0.3) is 0 Å². The molecule has 0 saturated heterocycles. The van der Waals surface area contributed by atoms with Crippen LogP contribution in [0.3, 0.4) is 0 Å². The monoisotopic (exact) mass is 179 g/mol. The summed E-state index contributed by atoms with van der Waals surface area (Å²) in [5.41, 5.74) is 0.0810. The Morgan fingerprint density at radius 3 is 2.50 bits per heavy atom. The van der Waals surface area contributed by atoms with Gasteiger partial charge in [-0.1, -0.05) is 6.07 Å². The molecule has 0 spiro atoms. The molecule has 1 N–H and O–H groups in total. The van der Waals surface area contributed by atoms with Crippen molar-refractivity contribution >= 4 is 5.97 Å². The van der Waals surface area contributed by atoms with Crippen molar-refractivity contribution in [2.45, 2.75) is 0 Å². The van der Waals surface area contributed by atoms with Crippen LogP contribution in [0.4, 0.5) is 0 Å². The first kappa shape index (κ1) is 9.14. The molecule has 0 aliphatic heterocycles. The van der Waals surface area contributed by atoms with E-state index >= 15 is 0 Å². The van der Waals surface area contributed by atoms with Crippen LogP contribution in [0.1, 0.15) is 10.5 Å². The maximum Gasteiger partial charge on any atom is 0.354 e. The molecule has 0 saturated carbocycles. The summed E-state index contributed by atoms with van der Waals surface area (Å²) in [6, 6.07) is 4.76. The van der Waals surface area contributed by atoms with Gasteiger partial charge in [0.1, 0.15) is 5.69 Å². The van der Waals surface area contributed by atoms with E-state index in [1.54, 1.807) is 12.1 Å². The third-order valence-electron chi connectivity index (χ3n) is 0.884. The maximum atomic E-state index is 10.1. The van der Waals surface area contributed by atoms with Crippen molar-refractivity contribution in [2.75, 3.05) is 0 Å². The molecule has 0 aromatic carbocycles. The van der Waals surface area contributed by atoms with Crippen molar-refractivity contribution in [1.29, 1.82) is 0 Å². The van der Waals surface area contributed by atoms with E-state index in [2.05, 4.69) is 4.98 Å². The number of carboxylic acid groups (broad SMARTS) is 1. The minimum atomic E-state index is -0.990. The van der Waals surface area contributed by atoms with Crippen LogP contribution in [-0.4, -0.2) is 16.1 Å². The molecule has 0 fully saturated rings. The smallest absolute Gasteiger partial charge is 0.354 e. The predicted molar refractivity (Wildman–Crippen MR) is 31.2 cm³/mol. The first-order valence-electron chi connectivity index (χ1n) is 2.45. The van der Waals surface area contributed by atoms with Gasteiger partial charge in [0.2, 0.25) is 0 Å². The molecule has 54 valence electrons. The van der Waals surface area contributed by atoms with Gasteiger partial charge in [0.05, 0.1) is 0 Å². The Labute approximate surface area is 68.6 Å². The van der Waals surface area contributed by atoms with Gasteiger partial charge in [0, 0.05) is 23.3 Å². The summed E-state index contributed by atoms with van der Waals surface area (Å²) in [5, 5.41) is 8.32. The third-order valence-corrected chi connectivity index (χ3v) is 0.884. The summed E-state index contributed by atoms with van der Waals surface area (Å²) in [4.78, 5) is 13.7. The molecule has 0 bridgehead atoms. The molecule has 4 heteroatoms. The largest absolute Gasteiger partial charge is 0.477 e. The molecule has 0 aliphatic rings. The molecule has 3 nitrogen and oxygen atoms in total. The number of carbonyl (C=O) groups is 1. The number of aromatic nitrogens is 1. The van der Waals surface area contributed by atoms with E-state index in [0.717, 1.165) is 0 Å². The van der Waals surface area contributed by atoms with Crippen molar-refractivity contribution in [2.24, 2.45) is 0 Å². The van der Waals surface area contributed by atoms with E-state index in [-0.39, 0.29) is 22.8 Å². The van der Waals surface area contributed by atoms with E-state index in [4.69, 9.17) is 5.11 Å². The zero-order valence-electron chi connectivity index (χ0n) is 4.97. The fraction of sp³-hybridized carbons (Fsp3) is 0. The number of hydrogen-bond acceptors (Lipinski definition) is 2. The normalized spacial score (nSPS) is 8.00. The first-order chi connectivity index (χ1) is 4.30. The predicted octanol–water partition coefficient (Wildman–Crippen LogP) is 0.777. The number of nitrogens with zero attached hydrogens (tertiary/aromatic N) is 1. The number of aromatic carboxylic acids is 1. The Morgan fingerprint density at radius 1 is 1.50 bits per heavy atom. The van der Waals surface area contributed by atoms with Gasteiger partial charge < -0.3 is 5.11 Å². The van der Waals surface area contributed by atoms with Crippen LogP contribution in [0, 0.1) is 0 Å². The molecule has 0 atom stereocenters. The van der Waals surface area contributed by atoms with Crippen molar-refractivity contribution in [3.8, 4) is 0 Å². The van der Waals surface area contributed by atoms with Crippen molar-refractivity contribution < 1.29 is 27.0 Å². The van der Waals surface area contributed by atoms with Crippen LogP contribution < -0.4 is 0 Å². The van der Waals surface area contributed by atoms with Gasteiger partial charge in [0.15, 0.2) is 0 Å². The van der Waals surface area contributed by atoms with Crippen molar-refractivity contribution in [3.05, 3.63) is 30.1 Å². The van der Waals surface area contributed by atoms with E-state index in [0.29, 0.717) is 0 Å². The minimum absolute atomic E-state index is 0. The zero-order valence-corrected chi connectivity index (χ0v) is 6.07. The molecule has 1 aromatic heterocycles. The summed E-state index contributed by atoms with van der Waals surface area (Å²) < 4.78 is 0. The fourth-order valence-electron chi connectivity index (χ4n) is 0.489. The molecule has 0 unspecified atom stereocenters. The molecular formula is C6H5FeNO2. The SMILES string of the molecule is O=C(O)c1ccccn1.[Fe]. The molecule has 1 aromatic rings. The zero-order chi connectivity index (χ0) is 6.69. The molecular weight excluding hydrogens is 174 g/mol. The van der Waals surface area contributed by atoms with Gasteiger partial charge in [-0.2, -0.15) is 0 Å². The molecule has 1 rings (SSSR count). The summed E-state index contributed by atoms with van der Waals surface area (Å²) in [6.45, 7) is 0. The quantitative estimate of drug-likeness (QED) is 0.647. The molecule has 0 radical (unpaired) electrons. The summed E-state index contributed by atoms with van der Waals surface area (Å²) in [5.74, 6) is -0.990. The standard InChI is InChI=1S/C6H5NO2.Fe/c8-6(9)5-3-1-2-4-7-5;/h1-4H,(H,8,9);. The molecule has 0 amide bonds. The van der Waals surface area contributed by atoms with Crippen molar-refractivity contribution in [3.63, 3.8) is 0 Å². The first-order valence-corrected chi connectivity index (χ1v) is 2.45. The van der Waals surface area contributed by atoms with Gasteiger partial charge in [-0.3, -0.25) is 0 Å². The van der Waals surface area contributed by atoms with Gasteiger partial charge in [-0.25, -0.2) is 9.78 Å². The average molecular weight is 179 g/mol. The maximum absolute atomic E-state index is 10.1. The Hall–Kier alpha value is -0.861. The number of rotatable bonds is 1. The molecule has 0 aliphatic carbocycles. The second-order valence-electron chi connectivity index (χ2n) is 1.52. The number of pyridine rings is 1. The topological polar surface area (TPSA) is 50.2 Å². The van der Waals surface area contributed by atoms with Crippen LogP contribution in [0.2, 0.25) is 0 Å². The third kappa shape index (κ3) is 2.17. The summed E-state index contributed by atoms with van der Waals surface area (Å²) in [7, 11) is 0. The summed E-state index contributed by atoms with van der Waals surface area (Å²) >= 11 is 0. The second-order valence-corrected chi connectivity index (χ2v) is 1.52. The van der Waals surface area contributed by atoms with E-state index in [9.17, 15) is 4.79 Å². The van der Waals surface area contributed by atoms with Crippen molar-refractivity contribution in [1.82, 2.24) is 4.98 Å². The van der Waals surface area contributed by atoms with Crippen LogP contribution >= 0.6 is 0 Å². The fourth-order valence-corrected chi connectivity index (χ4v) is 0.489. The average Bonchev–Trinajstić information content (AvgIpc) is 1.90. The second kappa shape index (κ2) is 4.04. The van der Waals surface area contributed by atoms with E-state index < -0.39 is 5.97 Å².